The van der Waals surface area contributed by atoms with Crippen LogP contribution in [0.1, 0.15) is 50.1 Å². The van der Waals surface area contributed by atoms with Gasteiger partial charge in [0.25, 0.3) is 0 Å². The van der Waals surface area contributed by atoms with E-state index in [0.29, 0.717) is 70.3 Å². The number of aliphatic hydroxyl groups is 2. The van der Waals surface area contributed by atoms with Crippen LogP contribution in [0.25, 0.3) is 11.1 Å². The van der Waals surface area contributed by atoms with Gasteiger partial charge in [0, 0.05) is 95.4 Å². The van der Waals surface area contributed by atoms with Crippen molar-refractivity contribution in [1.29, 1.82) is 10.5 Å². The first-order valence-corrected chi connectivity index (χ1v) is 21.1. The van der Waals surface area contributed by atoms with Crippen molar-refractivity contribution in [2.45, 2.75) is 46.4 Å². The summed E-state index contributed by atoms with van der Waals surface area (Å²) in [5.41, 5.74) is 8.71. The molecule has 62 heavy (non-hydrogen) atoms. The predicted octanol–water partition coefficient (Wildman–Crippen LogP) is 8.74. The monoisotopic (exact) mass is 936 g/mol. The fraction of sp³-hybridized carbons (Fsp3) is 0.234. The quantitative estimate of drug-likeness (QED) is 0.0506. The van der Waals surface area contributed by atoms with Gasteiger partial charge in [0.2, 0.25) is 0 Å². The maximum atomic E-state index is 9.30. The molecule has 0 aliphatic rings. The summed E-state index contributed by atoms with van der Waals surface area (Å²) < 4.78 is 25.9. The topological polar surface area (TPSA) is 175 Å². The highest BCUT2D eigenvalue weighted by atomic mass is 79.9. The second-order valence-corrected chi connectivity index (χ2v) is 15.6. The Bertz CT molecular complexity index is 2410. The number of pyridine rings is 2. The average molecular weight is 939 g/mol. The minimum absolute atomic E-state index is 0.0155. The first kappa shape index (κ1) is 45.8. The number of hydrogen-bond acceptors (Lipinski definition) is 12. The van der Waals surface area contributed by atoms with Gasteiger partial charge in [-0.3, -0.25) is 9.97 Å². The maximum Gasteiger partial charge on any atom is 0.142 e. The lowest BCUT2D eigenvalue weighted by Crippen LogP contribution is -2.18. The van der Waals surface area contributed by atoms with Gasteiger partial charge in [-0.2, -0.15) is 10.5 Å². The Hall–Kier alpha value is -5.74. The standard InChI is InChI=1S/C47H43BrCl2N6O6/c1-30-35(28-61-45-16-43(37(14-41(45)49)24-53-8-10-57)59-26-33-12-31(18-51)20-55-22-33)4-2-6-39(30)40-7-3-5-36(47(40)48)29-62-46-17-44(38(15-42(46)50)25-54-9-11-58)60-27-34-13-32(19-52)21-56-23-34/h2-7,12-17,20-23,53-54,57-58H,8-11,24-29H2,1H3. The summed E-state index contributed by atoms with van der Waals surface area (Å²) >= 11 is 17.4. The molecule has 6 aromatic rings. The fourth-order valence-electron chi connectivity index (χ4n) is 6.44. The highest BCUT2D eigenvalue weighted by Gasteiger charge is 2.17. The van der Waals surface area contributed by atoms with Crippen LogP contribution in [-0.4, -0.2) is 46.5 Å². The van der Waals surface area contributed by atoms with E-state index in [0.717, 1.165) is 54.5 Å². The van der Waals surface area contributed by atoms with Crippen LogP contribution >= 0.6 is 39.1 Å². The number of ether oxygens (including phenoxy) is 4. The summed E-state index contributed by atoms with van der Waals surface area (Å²) in [6.07, 6.45) is 6.28. The highest BCUT2D eigenvalue weighted by Crippen LogP contribution is 2.38. The summed E-state index contributed by atoms with van der Waals surface area (Å²) in [6.45, 7) is 4.38. The molecule has 0 aliphatic carbocycles. The van der Waals surface area contributed by atoms with E-state index >= 15 is 0 Å². The molecule has 6 rings (SSSR count). The first-order valence-electron chi connectivity index (χ1n) is 19.5. The lowest BCUT2D eigenvalue weighted by atomic mass is 9.95. The predicted molar refractivity (Wildman–Crippen MR) is 240 cm³/mol. The molecule has 12 nitrogen and oxygen atoms in total. The molecule has 0 saturated heterocycles. The molecule has 4 aromatic carbocycles. The number of nitriles is 2. The Morgan fingerprint density at radius 1 is 0.597 bits per heavy atom. The number of rotatable bonds is 21. The lowest BCUT2D eigenvalue weighted by molar-refractivity contribution is 0.282. The zero-order valence-corrected chi connectivity index (χ0v) is 36.9. The van der Waals surface area contributed by atoms with Gasteiger partial charge in [-0.05, 0) is 69.4 Å². The van der Waals surface area contributed by atoms with Crippen molar-refractivity contribution in [3.8, 4) is 46.3 Å². The van der Waals surface area contributed by atoms with Gasteiger partial charge in [-0.1, -0.05) is 59.6 Å². The minimum Gasteiger partial charge on any atom is -0.488 e. The fourth-order valence-corrected chi connectivity index (χ4v) is 7.52. The molecule has 318 valence electrons. The van der Waals surface area contributed by atoms with E-state index in [4.69, 9.17) is 42.1 Å². The van der Waals surface area contributed by atoms with Crippen LogP contribution in [0.3, 0.4) is 0 Å². The average Bonchev–Trinajstić information content (AvgIpc) is 3.29. The normalized spacial score (nSPS) is 10.8. The summed E-state index contributed by atoms with van der Waals surface area (Å²) in [5, 5.41) is 44.3. The van der Waals surface area contributed by atoms with E-state index in [1.807, 2.05) is 37.3 Å². The number of nitrogens with one attached hydrogen (secondary N) is 2. The molecule has 0 atom stereocenters. The largest absolute Gasteiger partial charge is 0.488 e. The first-order chi connectivity index (χ1) is 30.2. The van der Waals surface area contributed by atoms with E-state index in [9.17, 15) is 20.7 Å². The zero-order valence-electron chi connectivity index (χ0n) is 33.8. The van der Waals surface area contributed by atoms with Crippen LogP contribution in [0.15, 0.2) is 102 Å². The van der Waals surface area contributed by atoms with Crippen molar-refractivity contribution in [3.05, 3.63) is 162 Å². The SMILES string of the molecule is Cc1c(COc2cc(OCc3cncc(C#N)c3)c(CNCCO)cc2Cl)cccc1-c1cccc(COc2cc(OCc3cncc(C#N)c3)c(CNCCO)cc2Cl)c1Br. The van der Waals surface area contributed by atoms with Gasteiger partial charge in [0.15, 0.2) is 0 Å². The van der Waals surface area contributed by atoms with Gasteiger partial charge in [-0.25, -0.2) is 0 Å². The van der Waals surface area contributed by atoms with Crippen molar-refractivity contribution in [1.82, 2.24) is 20.6 Å². The second-order valence-electron chi connectivity index (χ2n) is 14.0. The Morgan fingerprint density at radius 2 is 1.06 bits per heavy atom. The van der Waals surface area contributed by atoms with Crippen molar-refractivity contribution < 1.29 is 29.2 Å². The minimum atomic E-state index is -0.0170. The van der Waals surface area contributed by atoms with E-state index < -0.39 is 0 Å². The number of aliphatic hydroxyl groups excluding tert-OH is 2. The molecule has 0 saturated carbocycles. The molecule has 15 heteroatoms. The molecule has 0 bridgehead atoms. The number of benzene rings is 4. The van der Waals surface area contributed by atoms with Gasteiger partial charge in [0.1, 0.15) is 61.6 Å². The smallest absolute Gasteiger partial charge is 0.142 e. The van der Waals surface area contributed by atoms with Crippen LogP contribution in [0.2, 0.25) is 10.0 Å². The number of hydrogen-bond donors (Lipinski definition) is 4. The third-order valence-corrected chi connectivity index (χ3v) is 11.2. The zero-order chi connectivity index (χ0) is 43.8. The number of halogens is 3. The van der Waals surface area contributed by atoms with Crippen molar-refractivity contribution >= 4 is 39.1 Å². The van der Waals surface area contributed by atoms with Gasteiger partial charge < -0.3 is 39.8 Å². The van der Waals surface area contributed by atoms with Crippen molar-refractivity contribution in [2.75, 3.05) is 26.3 Å². The maximum absolute atomic E-state index is 9.30. The van der Waals surface area contributed by atoms with Gasteiger partial charge >= 0.3 is 0 Å². The molecule has 0 unspecified atom stereocenters. The van der Waals surface area contributed by atoms with Crippen LogP contribution < -0.4 is 29.6 Å². The third kappa shape index (κ3) is 12.2. The Labute approximate surface area is 378 Å². The van der Waals surface area contributed by atoms with Crippen LogP contribution in [0.5, 0.6) is 23.0 Å². The van der Waals surface area contributed by atoms with E-state index in [1.54, 1.807) is 48.8 Å². The molecule has 0 radical (unpaired) electrons. The number of aromatic nitrogens is 2. The Kier molecular flexibility index (Phi) is 16.9. The third-order valence-electron chi connectivity index (χ3n) is 9.66. The van der Waals surface area contributed by atoms with E-state index in [-0.39, 0.29) is 39.6 Å². The summed E-state index contributed by atoms with van der Waals surface area (Å²) in [7, 11) is 0. The van der Waals surface area contributed by atoms with Gasteiger partial charge in [-0.15, -0.1) is 0 Å². The van der Waals surface area contributed by atoms with Gasteiger partial charge in [0.05, 0.1) is 34.4 Å². The van der Waals surface area contributed by atoms with Crippen LogP contribution in [0.4, 0.5) is 0 Å². The van der Waals surface area contributed by atoms with E-state index in [2.05, 4.69) is 54.7 Å². The summed E-state index contributed by atoms with van der Waals surface area (Å²) in [4.78, 5) is 8.26. The Morgan fingerprint density at radius 3 is 1.56 bits per heavy atom. The molecular formula is C47H43BrCl2N6O6. The lowest BCUT2D eigenvalue weighted by Gasteiger charge is -2.18. The molecular weight excluding hydrogens is 895 g/mol. The molecule has 0 amide bonds. The molecule has 2 heterocycles. The second kappa shape index (κ2) is 22.9. The molecule has 0 aliphatic heterocycles. The van der Waals surface area contributed by atoms with Crippen LogP contribution in [0, 0.1) is 29.6 Å². The number of nitrogens with zero attached hydrogens (tertiary/aromatic N) is 4. The van der Waals surface area contributed by atoms with Crippen molar-refractivity contribution in [2.24, 2.45) is 0 Å². The molecule has 2 aromatic heterocycles. The summed E-state index contributed by atoms with van der Waals surface area (Å²) in [6, 6.07) is 26.8. The summed E-state index contributed by atoms with van der Waals surface area (Å²) in [5.74, 6) is 1.95. The molecule has 4 N–H and O–H groups in total. The van der Waals surface area contributed by atoms with E-state index in [1.165, 1.54) is 12.4 Å². The highest BCUT2D eigenvalue weighted by molar-refractivity contribution is 9.10. The van der Waals surface area contributed by atoms with Crippen molar-refractivity contribution in [3.63, 3.8) is 0 Å². The Balaban J connectivity index is 1.18. The molecule has 0 spiro atoms. The van der Waals surface area contributed by atoms with Crippen LogP contribution in [-0.2, 0) is 39.5 Å². The molecule has 0 fully saturated rings.